The number of rotatable bonds is 4. The van der Waals surface area contributed by atoms with Crippen LogP contribution in [0, 0.1) is 12.8 Å². The van der Waals surface area contributed by atoms with Gasteiger partial charge in [0.1, 0.15) is 5.60 Å². The molecule has 1 amide bonds. The van der Waals surface area contributed by atoms with Gasteiger partial charge in [-0.3, -0.25) is 4.79 Å². The van der Waals surface area contributed by atoms with Gasteiger partial charge in [-0.2, -0.15) is 0 Å². The van der Waals surface area contributed by atoms with Crippen LogP contribution < -0.4 is 4.72 Å². The molecule has 3 rings (SSSR count). The van der Waals surface area contributed by atoms with Crippen molar-refractivity contribution in [1.82, 2.24) is 9.62 Å². The fraction of sp³-hybridized carbons (Fsp3) is 0.667. The molecule has 0 radical (unpaired) electrons. The van der Waals surface area contributed by atoms with E-state index in [1.807, 2.05) is 6.92 Å². The molecule has 8 heteroatoms. The highest BCUT2D eigenvalue weighted by molar-refractivity contribution is 7.88. The number of ether oxygens (including phenoxy) is 1. The molecule has 1 aromatic rings. The molecule has 0 aromatic carbocycles. The molecule has 2 aliphatic rings. The van der Waals surface area contributed by atoms with Crippen LogP contribution in [0.4, 0.5) is 0 Å². The molecule has 1 aromatic heterocycles. The summed E-state index contributed by atoms with van der Waals surface area (Å²) in [6.07, 6.45) is 4.41. The summed E-state index contributed by atoms with van der Waals surface area (Å²) in [4.78, 5) is 14.0. The van der Waals surface area contributed by atoms with Gasteiger partial charge in [0.05, 0.1) is 32.2 Å². The van der Waals surface area contributed by atoms with Crippen molar-refractivity contribution < 1.29 is 22.4 Å². The molecule has 128 valence electrons. The van der Waals surface area contributed by atoms with Gasteiger partial charge in [0.25, 0.3) is 5.91 Å². The normalized spacial score (nSPS) is 23.7. The number of hydrogen-bond acceptors (Lipinski definition) is 5. The highest BCUT2D eigenvalue weighted by Gasteiger charge is 2.49. The van der Waals surface area contributed by atoms with Gasteiger partial charge in [-0.25, -0.2) is 13.1 Å². The third-order valence-corrected chi connectivity index (χ3v) is 5.26. The van der Waals surface area contributed by atoms with Crippen LogP contribution in [0.5, 0.6) is 0 Å². The third-order valence-electron chi connectivity index (χ3n) is 4.57. The number of nitrogens with one attached hydrogen (secondary N) is 1. The van der Waals surface area contributed by atoms with E-state index in [0.29, 0.717) is 32.0 Å². The van der Waals surface area contributed by atoms with Crippen LogP contribution in [-0.2, 0) is 14.8 Å². The zero-order valence-corrected chi connectivity index (χ0v) is 14.2. The van der Waals surface area contributed by atoms with Gasteiger partial charge in [-0.15, -0.1) is 0 Å². The van der Waals surface area contributed by atoms with E-state index in [-0.39, 0.29) is 17.4 Å². The molecular formula is C15H22N2O5S. The van der Waals surface area contributed by atoms with Crippen LogP contribution in [0.2, 0.25) is 0 Å². The molecule has 0 unspecified atom stereocenters. The maximum Gasteiger partial charge on any atom is 0.290 e. The second-order valence-electron chi connectivity index (χ2n) is 6.61. The monoisotopic (exact) mass is 342 g/mol. The quantitative estimate of drug-likeness (QED) is 0.872. The van der Waals surface area contributed by atoms with E-state index in [9.17, 15) is 13.2 Å². The second kappa shape index (κ2) is 5.92. The zero-order valence-electron chi connectivity index (χ0n) is 13.4. The van der Waals surface area contributed by atoms with Gasteiger partial charge >= 0.3 is 0 Å². The van der Waals surface area contributed by atoms with E-state index in [0.717, 1.165) is 24.7 Å². The minimum atomic E-state index is -3.16. The Kier molecular flexibility index (Phi) is 4.24. The predicted molar refractivity (Wildman–Crippen MR) is 83.6 cm³/mol. The summed E-state index contributed by atoms with van der Waals surface area (Å²) in [7, 11) is -3.16. The van der Waals surface area contributed by atoms with E-state index < -0.39 is 10.0 Å². The maximum absolute atomic E-state index is 12.3. The Morgan fingerprint density at radius 3 is 2.74 bits per heavy atom. The minimum absolute atomic E-state index is 0.0948. The van der Waals surface area contributed by atoms with Crippen LogP contribution >= 0.6 is 0 Å². The summed E-state index contributed by atoms with van der Waals surface area (Å²) in [6.45, 7) is 3.91. The molecule has 23 heavy (non-hydrogen) atoms. The third kappa shape index (κ3) is 3.59. The van der Waals surface area contributed by atoms with Gasteiger partial charge in [0, 0.05) is 12.1 Å². The number of carbonyl (C=O) groups is 1. The van der Waals surface area contributed by atoms with E-state index in [1.54, 1.807) is 11.0 Å². The van der Waals surface area contributed by atoms with E-state index in [2.05, 4.69) is 4.72 Å². The molecule has 2 aliphatic heterocycles. The summed E-state index contributed by atoms with van der Waals surface area (Å²) >= 11 is 0. The summed E-state index contributed by atoms with van der Waals surface area (Å²) in [5, 5.41) is 0. The number of sulfonamides is 1. The summed E-state index contributed by atoms with van der Waals surface area (Å²) in [5.41, 5.74) is 0.574. The number of likely N-dealkylation sites (tertiary alicyclic amines) is 1. The lowest BCUT2D eigenvalue weighted by Gasteiger charge is -2.52. The van der Waals surface area contributed by atoms with Crippen molar-refractivity contribution in [3.63, 3.8) is 0 Å². The van der Waals surface area contributed by atoms with Crippen LogP contribution in [-0.4, -0.2) is 57.3 Å². The standard InChI is InChI=1S/C15H22N2O5S/c1-11-4-6-21-13(11)14(18)17-9-15(10-17)5-3-12(8-22-15)7-16-23(2,19)20/h4,6,12,16H,3,5,7-10H2,1-2H3/t12-/m0/s1. The number of furan rings is 1. The first-order valence-corrected chi connectivity index (χ1v) is 9.59. The average molecular weight is 342 g/mol. The molecule has 0 bridgehead atoms. The molecule has 0 aliphatic carbocycles. The van der Waals surface area contributed by atoms with Gasteiger partial charge in [-0.05, 0) is 31.7 Å². The first kappa shape index (κ1) is 16.5. The Labute approximate surface area is 136 Å². The molecular weight excluding hydrogens is 320 g/mol. The number of hydrogen-bond donors (Lipinski definition) is 1. The van der Waals surface area contributed by atoms with E-state index >= 15 is 0 Å². The summed E-state index contributed by atoms with van der Waals surface area (Å²) in [6, 6.07) is 1.78. The zero-order chi connectivity index (χ0) is 16.7. The molecule has 7 nitrogen and oxygen atoms in total. The topological polar surface area (TPSA) is 88.9 Å². The lowest BCUT2D eigenvalue weighted by molar-refractivity contribution is -0.166. The Balaban J connectivity index is 1.48. The Bertz CT molecular complexity index is 680. The van der Waals surface area contributed by atoms with Crippen LogP contribution in [0.3, 0.4) is 0 Å². The van der Waals surface area contributed by atoms with Crippen LogP contribution in [0.25, 0.3) is 0 Å². The second-order valence-corrected chi connectivity index (χ2v) is 8.45. The van der Waals surface area contributed by atoms with Crippen molar-refractivity contribution in [2.45, 2.75) is 25.4 Å². The fourth-order valence-electron chi connectivity index (χ4n) is 3.13. The van der Waals surface area contributed by atoms with Crippen molar-refractivity contribution in [1.29, 1.82) is 0 Å². The minimum Gasteiger partial charge on any atom is -0.459 e. The molecule has 2 saturated heterocycles. The van der Waals surface area contributed by atoms with Crippen molar-refractivity contribution in [2.75, 3.05) is 32.5 Å². The smallest absolute Gasteiger partial charge is 0.290 e. The molecule has 1 N–H and O–H groups in total. The number of carbonyl (C=O) groups excluding carboxylic acids is 1. The predicted octanol–water partition coefficient (Wildman–Crippen LogP) is 0.758. The van der Waals surface area contributed by atoms with Gasteiger partial charge in [0.2, 0.25) is 10.0 Å². The number of amides is 1. The van der Waals surface area contributed by atoms with Crippen LogP contribution in [0.1, 0.15) is 29.0 Å². The van der Waals surface area contributed by atoms with Gasteiger partial charge < -0.3 is 14.1 Å². The highest BCUT2D eigenvalue weighted by Crippen LogP contribution is 2.36. The largest absolute Gasteiger partial charge is 0.459 e. The highest BCUT2D eigenvalue weighted by atomic mass is 32.2. The van der Waals surface area contributed by atoms with Gasteiger partial charge in [0.15, 0.2) is 5.76 Å². The van der Waals surface area contributed by atoms with Crippen LogP contribution in [0.15, 0.2) is 16.7 Å². The first-order valence-electron chi connectivity index (χ1n) is 7.70. The molecule has 1 atom stereocenters. The molecule has 1 spiro atoms. The molecule has 3 heterocycles. The fourth-order valence-corrected chi connectivity index (χ4v) is 3.66. The van der Waals surface area contributed by atoms with E-state index in [1.165, 1.54) is 6.26 Å². The Hall–Kier alpha value is -1.38. The average Bonchev–Trinajstić information content (AvgIpc) is 2.88. The first-order chi connectivity index (χ1) is 10.8. The van der Waals surface area contributed by atoms with Gasteiger partial charge in [-0.1, -0.05) is 0 Å². The lowest BCUT2D eigenvalue weighted by Crippen LogP contribution is -2.66. The van der Waals surface area contributed by atoms with Crippen molar-refractivity contribution in [3.05, 3.63) is 23.7 Å². The summed E-state index contributed by atoms with van der Waals surface area (Å²) in [5.74, 6) is 0.487. The molecule has 2 fully saturated rings. The van der Waals surface area contributed by atoms with E-state index in [4.69, 9.17) is 9.15 Å². The van der Waals surface area contributed by atoms with Crippen molar-refractivity contribution >= 4 is 15.9 Å². The lowest BCUT2D eigenvalue weighted by atomic mass is 9.83. The van der Waals surface area contributed by atoms with Crippen molar-refractivity contribution in [2.24, 2.45) is 5.92 Å². The summed E-state index contributed by atoms with van der Waals surface area (Å²) < 4.78 is 36.0. The number of aryl methyl sites for hydroxylation is 1. The SMILES string of the molecule is Cc1ccoc1C(=O)N1CC2(CC[C@@H](CNS(C)(=O)=O)CO2)C1. The Morgan fingerprint density at radius 1 is 1.48 bits per heavy atom. The number of nitrogens with zero attached hydrogens (tertiary/aromatic N) is 1. The molecule has 0 saturated carbocycles. The maximum atomic E-state index is 12.3. The Morgan fingerprint density at radius 2 is 2.22 bits per heavy atom. The van der Waals surface area contributed by atoms with Crippen molar-refractivity contribution in [3.8, 4) is 0 Å².